The second-order valence-corrected chi connectivity index (χ2v) is 12.3. The first-order valence-electron chi connectivity index (χ1n) is 14.1. The van der Waals surface area contributed by atoms with Crippen molar-refractivity contribution in [1.29, 1.82) is 0 Å². The number of fused-ring (bicyclic) bond motifs is 1. The summed E-state index contributed by atoms with van der Waals surface area (Å²) < 4.78 is 47.4. The lowest BCUT2D eigenvalue weighted by atomic mass is 10.0. The van der Waals surface area contributed by atoms with Crippen LogP contribution >= 0.6 is 0 Å². The summed E-state index contributed by atoms with van der Waals surface area (Å²) in [7, 11) is -2.52. The molecule has 1 unspecified atom stereocenters. The van der Waals surface area contributed by atoms with Gasteiger partial charge in [-0.05, 0) is 65.9 Å². The molecule has 1 aromatic heterocycles. The number of carbonyl (C=O) groups is 2. The summed E-state index contributed by atoms with van der Waals surface area (Å²) in [5.41, 5.74) is 2.32. The number of nitrogens with one attached hydrogen (secondary N) is 2. The molecule has 13 heteroatoms. The molecule has 5 rings (SSSR count). The molecular weight excluding hydrogens is 586 g/mol. The van der Waals surface area contributed by atoms with Crippen molar-refractivity contribution in [3.05, 3.63) is 89.2 Å². The van der Waals surface area contributed by atoms with Gasteiger partial charge in [0.25, 0.3) is 21.8 Å². The highest BCUT2D eigenvalue weighted by Gasteiger charge is 2.30. The maximum Gasteiger partial charge on any atom is 0.279 e. The highest BCUT2D eigenvalue weighted by atomic mass is 32.2. The Morgan fingerprint density at radius 1 is 1.00 bits per heavy atom. The number of carbonyl (C=O) groups excluding carboxylic acids is 2. The second-order valence-electron chi connectivity index (χ2n) is 10.6. The van der Waals surface area contributed by atoms with Crippen LogP contribution in [0.1, 0.15) is 66.3 Å². The number of sulfonamides is 1. The topological polar surface area (TPSA) is 151 Å². The van der Waals surface area contributed by atoms with Gasteiger partial charge in [-0.15, -0.1) is 10.2 Å². The van der Waals surface area contributed by atoms with Crippen molar-refractivity contribution in [3.63, 3.8) is 0 Å². The van der Waals surface area contributed by atoms with Crippen molar-refractivity contribution >= 4 is 27.8 Å². The van der Waals surface area contributed by atoms with Crippen molar-refractivity contribution in [3.8, 4) is 17.2 Å². The molecule has 0 saturated carbocycles. The SMILES string of the molecule is CCCc1cc(C(=O)Nc2nncn2C)ccc1OC(C(=O)NS(=O)(=O)c1ccc(C(C)C)cc1)c1ccc2c(c1)OCO2. The van der Waals surface area contributed by atoms with E-state index in [1.165, 1.54) is 18.5 Å². The zero-order valence-corrected chi connectivity index (χ0v) is 25.6. The van der Waals surface area contributed by atoms with Gasteiger partial charge in [0.15, 0.2) is 11.5 Å². The molecule has 0 fully saturated rings. The molecule has 2 amide bonds. The van der Waals surface area contributed by atoms with Crippen molar-refractivity contribution in [2.45, 2.75) is 50.5 Å². The normalized spacial score (nSPS) is 13.0. The van der Waals surface area contributed by atoms with Crippen LogP contribution in [0.3, 0.4) is 0 Å². The van der Waals surface area contributed by atoms with Crippen molar-refractivity contribution in [2.75, 3.05) is 12.1 Å². The van der Waals surface area contributed by atoms with E-state index >= 15 is 0 Å². The molecule has 2 N–H and O–H groups in total. The number of amides is 2. The van der Waals surface area contributed by atoms with Gasteiger partial charge in [0, 0.05) is 18.2 Å². The Morgan fingerprint density at radius 3 is 2.41 bits per heavy atom. The zero-order valence-electron chi connectivity index (χ0n) is 24.7. The van der Waals surface area contributed by atoms with Gasteiger partial charge < -0.3 is 18.8 Å². The van der Waals surface area contributed by atoms with E-state index in [-0.39, 0.29) is 23.6 Å². The highest BCUT2D eigenvalue weighted by Crippen LogP contribution is 2.36. The summed E-state index contributed by atoms with van der Waals surface area (Å²) in [4.78, 5) is 26.6. The first kappa shape index (κ1) is 30.5. The van der Waals surface area contributed by atoms with Crippen molar-refractivity contribution in [2.24, 2.45) is 7.05 Å². The zero-order chi connectivity index (χ0) is 31.4. The Bertz CT molecular complexity index is 1790. The van der Waals surface area contributed by atoms with Gasteiger partial charge in [0.1, 0.15) is 12.1 Å². The molecular formula is C31H33N5O7S. The van der Waals surface area contributed by atoms with E-state index in [1.807, 2.05) is 20.8 Å². The van der Waals surface area contributed by atoms with Crippen LogP contribution in [0, 0.1) is 0 Å². The molecule has 2 heterocycles. The molecule has 0 saturated heterocycles. The van der Waals surface area contributed by atoms with Crippen LogP contribution in [0.5, 0.6) is 17.2 Å². The Morgan fingerprint density at radius 2 is 1.73 bits per heavy atom. The molecule has 44 heavy (non-hydrogen) atoms. The summed E-state index contributed by atoms with van der Waals surface area (Å²) in [5, 5.41) is 10.4. The summed E-state index contributed by atoms with van der Waals surface area (Å²) in [6.45, 7) is 6.00. The number of aryl methyl sites for hydroxylation is 2. The van der Waals surface area contributed by atoms with Crippen LogP contribution in [0.2, 0.25) is 0 Å². The Kier molecular flexibility index (Phi) is 8.86. The lowest BCUT2D eigenvalue weighted by Gasteiger charge is -2.22. The summed E-state index contributed by atoms with van der Waals surface area (Å²) in [6, 6.07) is 16.0. The number of benzene rings is 3. The van der Waals surface area contributed by atoms with Gasteiger partial charge in [-0.3, -0.25) is 14.9 Å². The number of anilines is 1. The van der Waals surface area contributed by atoms with Crippen LogP contribution < -0.4 is 24.2 Å². The fourth-order valence-corrected chi connectivity index (χ4v) is 5.61. The Balaban J connectivity index is 1.45. The van der Waals surface area contributed by atoms with E-state index < -0.39 is 27.9 Å². The predicted molar refractivity (Wildman–Crippen MR) is 161 cm³/mol. The average molecular weight is 620 g/mol. The minimum Gasteiger partial charge on any atom is -0.475 e. The van der Waals surface area contributed by atoms with Crippen LogP contribution in [0.4, 0.5) is 5.95 Å². The summed E-state index contributed by atoms with van der Waals surface area (Å²) >= 11 is 0. The van der Waals surface area contributed by atoms with E-state index in [1.54, 1.807) is 60.1 Å². The van der Waals surface area contributed by atoms with Gasteiger partial charge in [-0.2, -0.15) is 0 Å². The van der Waals surface area contributed by atoms with E-state index in [2.05, 4.69) is 20.2 Å². The maximum absolute atomic E-state index is 13.7. The predicted octanol–water partition coefficient (Wildman–Crippen LogP) is 4.50. The van der Waals surface area contributed by atoms with Gasteiger partial charge in [0.05, 0.1) is 4.90 Å². The smallest absolute Gasteiger partial charge is 0.279 e. The first-order chi connectivity index (χ1) is 21.1. The Hall–Kier alpha value is -4.91. The van der Waals surface area contributed by atoms with Crippen LogP contribution in [0.25, 0.3) is 0 Å². The first-order valence-corrected chi connectivity index (χ1v) is 15.5. The molecule has 1 atom stereocenters. The van der Waals surface area contributed by atoms with Crippen LogP contribution in [-0.4, -0.2) is 41.8 Å². The third-order valence-corrected chi connectivity index (χ3v) is 8.42. The molecule has 230 valence electrons. The summed E-state index contributed by atoms with van der Waals surface area (Å²) in [5.74, 6) is 0.418. The maximum atomic E-state index is 13.7. The van der Waals surface area contributed by atoms with Gasteiger partial charge in [-0.25, -0.2) is 13.1 Å². The molecule has 3 aromatic carbocycles. The largest absolute Gasteiger partial charge is 0.475 e. The van der Waals surface area contributed by atoms with Crippen LogP contribution in [-0.2, 0) is 28.3 Å². The van der Waals surface area contributed by atoms with Gasteiger partial charge in [-0.1, -0.05) is 45.4 Å². The number of nitrogens with zero attached hydrogens (tertiary/aromatic N) is 3. The lowest BCUT2D eigenvalue weighted by molar-refractivity contribution is -0.126. The fourth-order valence-electron chi connectivity index (χ4n) is 4.62. The van der Waals surface area contributed by atoms with E-state index in [0.29, 0.717) is 46.8 Å². The van der Waals surface area contributed by atoms with Gasteiger partial charge in [0.2, 0.25) is 18.8 Å². The molecule has 12 nitrogen and oxygen atoms in total. The molecule has 0 radical (unpaired) electrons. The number of ether oxygens (including phenoxy) is 3. The average Bonchev–Trinajstić information content (AvgIpc) is 3.64. The Labute approximate surface area is 255 Å². The third kappa shape index (κ3) is 6.67. The molecule has 0 bridgehead atoms. The number of hydrogen-bond donors (Lipinski definition) is 2. The highest BCUT2D eigenvalue weighted by molar-refractivity contribution is 7.90. The van der Waals surface area contributed by atoms with E-state index in [0.717, 1.165) is 5.56 Å². The number of rotatable bonds is 11. The van der Waals surface area contributed by atoms with E-state index in [4.69, 9.17) is 14.2 Å². The molecule has 0 aliphatic carbocycles. The minimum absolute atomic E-state index is 0.0236. The third-order valence-electron chi connectivity index (χ3n) is 7.05. The molecule has 1 aliphatic heterocycles. The number of hydrogen-bond acceptors (Lipinski definition) is 9. The van der Waals surface area contributed by atoms with Gasteiger partial charge >= 0.3 is 0 Å². The minimum atomic E-state index is -4.23. The standard InChI is InChI=1S/C31H33N5O7S/c1-5-6-21-15-23(29(37)33-31-34-32-17-36(31)4)10-13-25(21)43-28(22-9-14-26-27(16-22)42-18-41-26)30(38)35-44(39,40)24-11-7-20(8-12-24)19(2)3/h7-17,19,28H,5-6,18H2,1-4H3,(H,35,38)(H,33,34,37). The molecule has 1 aliphatic rings. The van der Waals surface area contributed by atoms with Crippen molar-refractivity contribution in [1.82, 2.24) is 19.5 Å². The molecule has 4 aromatic rings. The quantitative estimate of drug-likeness (QED) is 0.247. The summed E-state index contributed by atoms with van der Waals surface area (Å²) in [6.07, 6.45) is 1.32. The second kappa shape index (κ2) is 12.8. The van der Waals surface area contributed by atoms with E-state index in [9.17, 15) is 18.0 Å². The number of aromatic nitrogens is 3. The molecule has 0 spiro atoms. The van der Waals surface area contributed by atoms with Crippen LogP contribution in [0.15, 0.2) is 71.9 Å². The fraction of sp³-hybridized carbons (Fsp3) is 0.290. The lowest BCUT2D eigenvalue weighted by Crippen LogP contribution is -2.37. The monoisotopic (exact) mass is 619 g/mol. The van der Waals surface area contributed by atoms with Crippen molar-refractivity contribution < 1.29 is 32.2 Å².